The third-order valence-electron chi connectivity index (χ3n) is 1.64. The predicted octanol–water partition coefficient (Wildman–Crippen LogP) is 2.78. The van der Waals surface area contributed by atoms with Gasteiger partial charge in [0.1, 0.15) is 0 Å². The number of hydrogen-bond donors (Lipinski definition) is 1. The first kappa shape index (κ1) is 12.3. The molecule has 0 heterocycles. The molecular formula is C8H8I2O4. The van der Waals surface area contributed by atoms with Gasteiger partial charge < -0.3 is 16.0 Å². The molecule has 0 fully saturated rings. The number of benzene rings is 1. The number of aliphatic hydroxyl groups is 1. The van der Waals surface area contributed by atoms with Crippen molar-refractivity contribution in [3.05, 3.63) is 23.8 Å². The summed E-state index contributed by atoms with van der Waals surface area (Å²) in [4.78, 5) is 0. The van der Waals surface area contributed by atoms with Crippen molar-refractivity contribution in [2.75, 3.05) is 7.11 Å². The number of hydrogen-bond acceptors (Lipinski definition) is 4. The first-order valence-electron chi connectivity index (χ1n) is 3.65. The van der Waals surface area contributed by atoms with Crippen LogP contribution in [-0.2, 0) is 4.74 Å². The molecule has 0 spiro atoms. The number of methoxy groups -OCH3 is 1. The minimum absolute atomic E-state index is 0.550. The van der Waals surface area contributed by atoms with E-state index in [2.05, 4.69) is 0 Å². The molecule has 0 amide bonds. The third-order valence-corrected chi connectivity index (χ3v) is 2.59. The normalized spacial score (nSPS) is 12.3. The van der Waals surface area contributed by atoms with Crippen molar-refractivity contribution in [3.63, 3.8) is 0 Å². The molecular weight excluding hydrogens is 414 g/mol. The van der Waals surface area contributed by atoms with Gasteiger partial charge in [0, 0.05) is 12.7 Å². The van der Waals surface area contributed by atoms with E-state index >= 15 is 0 Å². The first-order chi connectivity index (χ1) is 6.72. The van der Waals surface area contributed by atoms with Crippen LogP contribution in [0.25, 0.3) is 0 Å². The second kappa shape index (κ2) is 5.93. The van der Waals surface area contributed by atoms with E-state index in [-0.39, 0.29) is 0 Å². The van der Waals surface area contributed by atoms with E-state index in [1.54, 1.807) is 64.2 Å². The van der Waals surface area contributed by atoms with Crippen LogP contribution in [0.5, 0.6) is 11.5 Å². The number of halogens is 2. The standard InChI is InChI=1S/C8H8I2O4/c1-12-8(11)5-2-3-6(13-9)7(4-5)14-10/h2-4,8,11H,1H3. The molecule has 0 aliphatic rings. The Labute approximate surface area is 110 Å². The summed E-state index contributed by atoms with van der Waals surface area (Å²) in [5, 5.41) is 9.39. The fourth-order valence-electron chi connectivity index (χ4n) is 0.938. The lowest BCUT2D eigenvalue weighted by Crippen LogP contribution is -1.99. The SMILES string of the molecule is COC(O)c1ccc(OI)c(OI)c1. The minimum Gasteiger partial charge on any atom is -0.424 e. The van der Waals surface area contributed by atoms with Crippen LogP contribution in [0.4, 0.5) is 0 Å². The molecule has 1 aromatic carbocycles. The van der Waals surface area contributed by atoms with Crippen LogP contribution in [0.1, 0.15) is 11.9 Å². The lowest BCUT2D eigenvalue weighted by atomic mass is 10.2. The molecule has 4 nitrogen and oxygen atoms in total. The molecule has 0 saturated heterocycles. The van der Waals surface area contributed by atoms with E-state index in [4.69, 9.17) is 10.9 Å². The topological polar surface area (TPSA) is 47.9 Å². The summed E-state index contributed by atoms with van der Waals surface area (Å²) >= 11 is 3.51. The Kier molecular flexibility index (Phi) is 5.20. The van der Waals surface area contributed by atoms with Crippen molar-refractivity contribution in [3.8, 4) is 11.5 Å². The Hall–Kier alpha value is 0.200. The number of rotatable bonds is 4. The molecule has 6 heteroatoms. The fraction of sp³-hybridized carbons (Fsp3) is 0.250. The average Bonchev–Trinajstić information content (AvgIpc) is 2.26. The molecule has 1 aromatic rings. The van der Waals surface area contributed by atoms with Crippen molar-refractivity contribution >= 4 is 46.0 Å². The van der Waals surface area contributed by atoms with Gasteiger partial charge in [-0.25, -0.2) is 0 Å². The van der Waals surface area contributed by atoms with E-state index in [0.717, 1.165) is 0 Å². The van der Waals surface area contributed by atoms with Crippen molar-refractivity contribution in [1.82, 2.24) is 0 Å². The summed E-state index contributed by atoms with van der Waals surface area (Å²) in [6.07, 6.45) is -0.941. The van der Waals surface area contributed by atoms with Gasteiger partial charge in [0.05, 0.1) is 0 Å². The molecule has 1 unspecified atom stereocenters. The highest BCUT2D eigenvalue weighted by Gasteiger charge is 2.11. The number of ether oxygens (including phenoxy) is 1. The van der Waals surface area contributed by atoms with Crippen LogP contribution in [0, 0.1) is 0 Å². The number of aliphatic hydroxyl groups excluding tert-OH is 1. The second-order valence-electron chi connectivity index (χ2n) is 2.45. The Morgan fingerprint density at radius 3 is 2.36 bits per heavy atom. The van der Waals surface area contributed by atoms with Crippen LogP contribution in [0.3, 0.4) is 0 Å². The van der Waals surface area contributed by atoms with Gasteiger partial charge in [-0.1, -0.05) is 0 Å². The molecule has 0 bridgehead atoms. The van der Waals surface area contributed by atoms with Crippen molar-refractivity contribution in [2.45, 2.75) is 6.29 Å². The summed E-state index contributed by atoms with van der Waals surface area (Å²) in [5.74, 6) is 1.15. The van der Waals surface area contributed by atoms with Gasteiger partial charge >= 0.3 is 0 Å². The van der Waals surface area contributed by atoms with Crippen molar-refractivity contribution < 1.29 is 16.0 Å². The maximum atomic E-state index is 9.39. The van der Waals surface area contributed by atoms with Gasteiger partial charge in [0.15, 0.2) is 63.8 Å². The summed E-state index contributed by atoms with van der Waals surface area (Å²) in [6, 6.07) is 5.08. The molecule has 78 valence electrons. The largest absolute Gasteiger partial charge is 0.424 e. The fourth-order valence-corrected chi connectivity index (χ4v) is 1.65. The smallest absolute Gasteiger partial charge is 0.192 e. The highest BCUT2D eigenvalue weighted by Crippen LogP contribution is 2.33. The van der Waals surface area contributed by atoms with Crippen LogP contribution in [0.2, 0.25) is 0 Å². The highest BCUT2D eigenvalue weighted by atomic mass is 127. The van der Waals surface area contributed by atoms with Gasteiger partial charge in [-0.05, 0) is 18.2 Å². The molecule has 0 aliphatic heterocycles. The lowest BCUT2D eigenvalue weighted by molar-refractivity contribution is -0.0769. The Morgan fingerprint density at radius 1 is 1.21 bits per heavy atom. The zero-order valence-corrected chi connectivity index (χ0v) is 11.6. The lowest BCUT2D eigenvalue weighted by Gasteiger charge is -2.10. The zero-order valence-electron chi connectivity index (χ0n) is 7.24. The Bertz CT molecular complexity index is 305. The van der Waals surface area contributed by atoms with E-state index in [0.29, 0.717) is 17.1 Å². The third kappa shape index (κ3) is 2.84. The molecule has 0 radical (unpaired) electrons. The molecule has 14 heavy (non-hydrogen) atoms. The maximum absolute atomic E-state index is 9.39. The Morgan fingerprint density at radius 2 is 1.86 bits per heavy atom. The maximum Gasteiger partial charge on any atom is 0.192 e. The molecule has 1 atom stereocenters. The molecule has 1 N–H and O–H groups in total. The summed E-state index contributed by atoms with van der Waals surface area (Å²) in [6.45, 7) is 0. The predicted molar refractivity (Wildman–Crippen MR) is 67.7 cm³/mol. The quantitative estimate of drug-likeness (QED) is 0.600. The summed E-state index contributed by atoms with van der Waals surface area (Å²) < 4.78 is 14.8. The molecule has 0 saturated carbocycles. The minimum atomic E-state index is -0.941. The van der Waals surface area contributed by atoms with Crippen molar-refractivity contribution in [1.29, 1.82) is 0 Å². The van der Waals surface area contributed by atoms with Gasteiger partial charge in [-0.2, -0.15) is 0 Å². The zero-order chi connectivity index (χ0) is 10.6. The van der Waals surface area contributed by atoms with Crippen LogP contribution in [0.15, 0.2) is 18.2 Å². The van der Waals surface area contributed by atoms with Gasteiger partial charge in [0.2, 0.25) is 0 Å². The molecule has 0 aliphatic carbocycles. The van der Waals surface area contributed by atoms with E-state index in [1.165, 1.54) is 7.11 Å². The molecule has 1 rings (SSSR count). The van der Waals surface area contributed by atoms with E-state index in [1.807, 2.05) is 0 Å². The van der Waals surface area contributed by atoms with Crippen molar-refractivity contribution in [2.24, 2.45) is 0 Å². The summed E-state index contributed by atoms with van der Waals surface area (Å²) in [7, 11) is 1.43. The van der Waals surface area contributed by atoms with Gasteiger partial charge in [-0.15, -0.1) is 0 Å². The van der Waals surface area contributed by atoms with Gasteiger partial charge in [-0.3, -0.25) is 0 Å². The van der Waals surface area contributed by atoms with Crippen LogP contribution in [-0.4, -0.2) is 12.2 Å². The Balaban J connectivity index is 3.01. The van der Waals surface area contributed by atoms with Crippen LogP contribution < -0.4 is 6.13 Å². The second-order valence-corrected chi connectivity index (χ2v) is 3.33. The van der Waals surface area contributed by atoms with Crippen LogP contribution >= 0.6 is 46.0 Å². The first-order valence-corrected chi connectivity index (χ1v) is 5.41. The van der Waals surface area contributed by atoms with Gasteiger partial charge in [0.25, 0.3) is 0 Å². The van der Waals surface area contributed by atoms with E-state index < -0.39 is 6.29 Å². The van der Waals surface area contributed by atoms with E-state index in [9.17, 15) is 5.11 Å². The average molecular weight is 422 g/mol. The monoisotopic (exact) mass is 422 g/mol. The molecule has 0 aromatic heterocycles. The highest BCUT2D eigenvalue weighted by molar-refractivity contribution is 14.1. The summed E-state index contributed by atoms with van der Waals surface area (Å²) in [5.41, 5.74) is 0.622.